The van der Waals surface area contributed by atoms with Crippen molar-refractivity contribution < 1.29 is 0 Å². The van der Waals surface area contributed by atoms with E-state index in [1.54, 1.807) is 10.9 Å². The van der Waals surface area contributed by atoms with Crippen LogP contribution < -0.4 is 0 Å². The Hall–Kier alpha value is -2.74. The fourth-order valence-electron chi connectivity index (χ4n) is 2.15. The summed E-state index contributed by atoms with van der Waals surface area (Å²) in [4.78, 5) is 12.9. The standard InChI is InChI=1S/C15H13N5/c1-9-4-5-11(6-10(9)2)13-14-15(20(3)8-17-14)19-12(7-16)18-13/h4-6,8H,1-3H3. The van der Waals surface area contributed by atoms with Gasteiger partial charge in [-0.3, -0.25) is 0 Å². The molecule has 0 unspecified atom stereocenters. The van der Waals surface area contributed by atoms with E-state index in [0.29, 0.717) is 11.3 Å². The van der Waals surface area contributed by atoms with Gasteiger partial charge in [-0.05, 0) is 31.0 Å². The molecule has 0 bridgehead atoms. The molecule has 3 aromatic rings. The van der Waals surface area contributed by atoms with Gasteiger partial charge in [-0.1, -0.05) is 12.1 Å². The summed E-state index contributed by atoms with van der Waals surface area (Å²) >= 11 is 0. The Bertz CT molecular complexity index is 855. The summed E-state index contributed by atoms with van der Waals surface area (Å²) in [6.07, 6.45) is 1.69. The molecule has 2 heterocycles. The second-order valence-electron chi connectivity index (χ2n) is 4.83. The van der Waals surface area contributed by atoms with E-state index < -0.39 is 0 Å². The summed E-state index contributed by atoms with van der Waals surface area (Å²) < 4.78 is 1.79. The SMILES string of the molecule is Cc1ccc(-c2nc(C#N)nc3c2ncn3C)cc1C. The molecule has 1 aromatic carbocycles. The largest absolute Gasteiger partial charge is 0.318 e. The molecular formula is C15H13N5. The van der Waals surface area contributed by atoms with Crippen molar-refractivity contribution in [3.8, 4) is 17.3 Å². The number of benzene rings is 1. The Kier molecular flexibility index (Phi) is 2.72. The van der Waals surface area contributed by atoms with Gasteiger partial charge in [-0.15, -0.1) is 0 Å². The van der Waals surface area contributed by atoms with E-state index in [1.165, 1.54) is 11.1 Å². The van der Waals surface area contributed by atoms with Crippen LogP contribution in [0.5, 0.6) is 0 Å². The van der Waals surface area contributed by atoms with Crippen LogP contribution in [-0.2, 0) is 7.05 Å². The third-order valence-electron chi connectivity index (χ3n) is 3.44. The first-order valence-corrected chi connectivity index (χ1v) is 6.27. The second-order valence-corrected chi connectivity index (χ2v) is 4.83. The molecule has 0 aliphatic carbocycles. The molecule has 0 atom stereocenters. The molecule has 5 heteroatoms. The lowest BCUT2D eigenvalue weighted by molar-refractivity contribution is 0.925. The molecule has 0 aliphatic heterocycles. The number of fused-ring (bicyclic) bond motifs is 1. The van der Waals surface area contributed by atoms with Crippen LogP contribution in [0.15, 0.2) is 24.5 Å². The van der Waals surface area contributed by atoms with Crippen molar-refractivity contribution in [2.45, 2.75) is 13.8 Å². The number of hydrogen-bond donors (Lipinski definition) is 0. The minimum atomic E-state index is 0.161. The molecule has 98 valence electrons. The van der Waals surface area contributed by atoms with Gasteiger partial charge < -0.3 is 4.57 Å². The molecule has 0 aliphatic rings. The monoisotopic (exact) mass is 263 g/mol. The van der Waals surface area contributed by atoms with Crippen LogP contribution in [0.4, 0.5) is 0 Å². The van der Waals surface area contributed by atoms with Gasteiger partial charge in [0.05, 0.1) is 6.33 Å². The Balaban J connectivity index is 2.34. The lowest BCUT2D eigenvalue weighted by Crippen LogP contribution is -1.97. The van der Waals surface area contributed by atoms with Crippen LogP contribution in [0.25, 0.3) is 22.4 Å². The summed E-state index contributed by atoms with van der Waals surface area (Å²) in [6.45, 7) is 4.12. The fraction of sp³-hybridized carbons (Fsp3) is 0.200. The molecular weight excluding hydrogens is 250 g/mol. The van der Waals surface area contributed by atoms with Crippen LogP contribution in [-0.4, -0.2) is 19.5 Å². The highest BCUT2D eigenvalue weighted by Gasteiger charge is 2.13. The topological polar surface area (TPSA) is 67.4 Å². The molecule has 20 heavy (non-hydrogen) atoms. The molecule has 0 amide bonds. The zero-order valence-corrected chi connectivity index (χ0v) is 11.5. The smallest absolute Gasteiger partial charge is 0.234 e. The normalized spacial score (nSPS) is 10.7. The van der Waals surface area contributed by atoms with Crippen molar-refractivity contribution in [2.24, 2.45) is 7.05 Å². The molecule has 3 rings (SSSR count). The van der Waals surface area contributed by atoms with E-state index in [4.69, 9.17) is 5.26 Å². The summed E-state index contributed by atoms with van der Waals surface area (Å²) in [6, 6.07) is 8.12. The zero-order chi connectivity index (χ0) is 14.3. The summed E-state index contributed by atoms with van der Waals surface area (Å²) in [5.74, 6) is 0.161. The number of nitriles is 1. The Morgan fingerprint density at radius 2 is 1.95 bits per heavy atom. The molecule has 0 spiro atoms. The van der Waals surface area contributed by atoms with Crippen molar-refractivity contribution in [2.75, 3.05) is 0 Å². The Labute approximate surface area is 116 Å². The number of nitrogens with zero attached hydrogens (tertiary/aromatic N) is 5. The lowest BCUT2D eigenvalue weighted by Gasteiger charge is -2.06. The van der Waals surface area contributed by atoms with Gasteiger partial charge in [-0.2, -0.15) is 10.2 Å². The number of hydrogen-bond acceptors (Lipinski definition) is 4. The van der Waals surface area contributed by atoms with E-state index in [-0.39, 0.29) is 5.82 Å². The van der Waals surface area contributed by atoms with Crippen LogP contribution in [0, 0.1) is 25.2 Å². The number of imidazole rings is 1. The minimum Gasteiger partial charge on any atom is -0.318 e. The van der Waals surface area contributed by atoms with Gasteiger partial charge in [-0.25, -0.2) is 9.97 Å². The first kappa shape index (κ1) is 12.3. The number of rotatable bonds is 1. The van der Waals surface area contributed by atoms with Crippen LogP contribution in [0.3, 0.4) is 0 Å². The van der Waals surface area contributed by atoms with Crippen LogP contribution >= 0.6 is 0 Å². The van der Waals surface area contributed by atoms with E-state index >= 15 is 0 Å². The number of aromatic nitrogens is 4. The zero-order valence-electron chi connectivity index (χ0n) is 11.5. The number of aryl methyl sites for hydroxylation is 3. The van der Waals surface area contributed by atoms with Crippen LogP contribution in [0.1, 0.15) is 17.0 Å². The van der Waals surface area contributed by atoms with Crippen molar-refractivity contribution in [1.82, 2.24) is 19.5 Å². The Morgan fingerprint density at radius 3 is 2.65 bits per heavy atom. The van der Waals surface area contributed by atoms with Gasteiger partial charge in [0.15, 0.2) is 5.65 Å². The molecule has 0 saturated carbocycles. The average Bonchev–Trinajstić information content (AvgIpc) is 2.82. The van der Waals surface area contributed by atoms with Gasteiger partial charge in [0, 0.05) is 12.6 Å². The second kappa shape index (κ2) is 4.42. The molecule has 0 N–H and O–H groups in total. The maximum absolute atomic E-state index is 9.09. The van der Waals surface area contributed by atoms with Crippen molar-refractivity contribution in [3.05, 3.63) is 41.5 Å². The maximum atomic E-state index is 9.09. The van der Waals surface area contributed by atoms with Gasteiger partial charge in [0.2, 0.25) is 5.82 Å². The molecule has 0 fully saturated rings. The summed E-state index contributed by atoms with van der Waals surface area (Å²) in [5, 5.41) is 9.09. The Morgan fingerprint density at radius 1 is 1.15 bits per heavy atom. The third-order valence-corrected chi connectivity index (χ3v) is 3.44. The molecule has 0 radical (unpaired) electrons. The van der Waals surface area contributed by atoms with Gasteiger partial charge >= 0.3 is 0 Å². The van der Waals surface area contributed by atoms with Gasteiger partial charge in [0.1, 0.15) is 17.3 Å². The predicted molar refractivity (Wildman–Crippen MR) is 75.9 cm³/mol. The minimum absolute atomic E-state index is 0.161. The highest BCUT2D eigenvalue weighted by Crippen LogP contribution is 2.26. The van der Waals surface area contributed by atoms with E-state index in [9.17, 15) is 0 Å². The molecule has 0 saturated heterocycles. The molecule has 2 aromatic heterocycles. The van der Waals surface area contributed by atoms with E-state index in [1.807, 2.05) is 25.2 Å². The predicted octanol–water partition coefficient (Wildman–Crippen LogP) is 2.52. The fourth-order valence-corrected chi connectivity index (χ4v) is 2.15. The first-order chi connectivity index (χ1) is 9.60. The highest BCUT2D eigenvalue weighted by atomic mass is 15.1. The highest BCUT2D eigenvalue weighted by molar-refractivity contribution is 5.87. The average molecular weight is 263 g/mol. The lowest BCUT2D eigenvalue weighted by atomic mass is 10.0. The quantitative estimate of drug-likeness (QED) is 0.676. The third kappa shape index (κ3) is 1.82. The van der Waals surface area contributed by atoms with Crippen molar-refractivity contribution in [3.63, 3.8) is 0 Å². The van der Waals surface area contributed by atoms with Crippen molar-refractivity contribution in [1.29, 1.82) is 5.26 Å². The van der Waals surface area contributed by atoms with Crippen LogP contribution in [0.2, 0.25) is 0 Å². The van der Waals surface area contributed by atoms with E-state index in [2.05, 4.69) is 34.9 Å². The van der Waals surface area contributed by atoms with E-state index in [0.717, 1.165) is 11.1 Å². The summed E-state index contributed by atoms with van der Waals surface area (Å²) in [5.41, 5.74) is 5.45. The molecule has 5 nitrogen and oxygen atoms in total. The maximum Gasteiger partial charge on any atom is 0.234 e. The first-order valence-electron chi connectivity index (χ1n) is 6.27. The van der Waals surface area contributed by atoms with Crippen molar-refractivity contribution >= 4 is 11.2 Å². The summed E-state index contributed by atoms with van der Waals surface area (Å²) in [7, 11) is 1.85. The van der Waals surface area contributed by atoms with Gasteiger partial charge in [0.25, 0.3) is 0 Å².